The minimum absolute atomic E-state index is 0.105. The van der Waals surface area contributed by atoms with E-state index >= 15 is 0 Å². The SMILES string of the molecule is C/C=C1\C(=O)C#CC1=C(C#N)C#N. The molecule has 0 amide bonds. The van der Waals surface area contributed by atoms with E-state index in [2.05, 4.69) is 11.8 Å². The zero-order chi connectivity index (χ0) is 9.84. The lowest BCUT2D eigenvalue weighted by atomic mass is 10.0. The third kappa shape index (κ3) is 1.34. The number of nitrogens with zero attached hydrogens (tertiary/aromatic N) is 2. The van der Waals surface area contributed by atoms with Gasteiger partial charge in [0, 0.05) is 5.57 Å². The summed E-state index contributed by atoms with van der Waals surface area (Å²) < 4.78 is 0. The molecule has 1 aliphatic rings. The summed E-state index contributed by atoms with van der Waals surface area (Å²) >= 11 is 0. The molecule has 0 spiro atoms. The van der Waals surface area contributed by atoms with Crippen molar-refractivity contribution in [3.05, 3.63) is 22.8 Å². The summed E-state index contributed by atoms with van der Waals surface area (Å²) in [6, 6.07) is 3.40. The van der Waals surface area contributed by atoms with Crippen LogP contribution in [-0.4, -0.2) is 5.78 Å². The van der Waals surface area contributed by atoms with Gasteiger partial charge in [0.05, 0.1) is 5.57 Å². The molecule has 0 aliphatic heterocycles. The van der Waals surface area contributed by atoms with Crippen LogP contribution in [0, 0.1) is 34.5 Å². The van der Waals surface area contributed by atoms with Crippen molar-refractivity contribution in [2.75, 3.05) is 0 Å². The summed E-state index contributed by atoms with van der Waals surface area (Å²) in [5, 5.41) is 17.1. The van der Waals surface area contributed by atoms with E-state index in [0.29, 0.717) is 5.57 Å². The van der Waals surface area contributed by atoms with Crippen LogP contribution in [0.15, 0.2) is 22.8 Å². The monoisotopic (exact) mass is 168 g/mol. The van der Waals surface area contributed by atoms with E-state index in [9.17, 15) is 4.79 Å². The minimum atomic E-state index is -0.333. The predicted molar refractivity (Wildman–Crippen MR) is 44.8 cm³/mol. The molecule has 0 unspecified atom stereocenters. The van der Waals surface area contributed by atoms with Crippen LogP contribution >= 0.6 is 0 Å². The van der Waals surface area contributed by atoms with E-state index in [-0.39, 0.29) is 16.9 Å². The van der Waals surface area contributed by atoms with Crippen molar-refractivity contribution >= 4 is 5.78 Å². The number of nitriles is 2. The summed E-state index contributed by atoms with van der Waals surface area (Å²) in [5.74, 6) is 4.45. The van der Waals surface area contributed by atoms with E-state index in [0.717, 1.165) is 0 Å². The molecule has 0 aromatic rings. The Morgan fingerprint density at radius 1 is 1.38 bits per heavy atom. The molecule has 0 aromatic heterocycles. The molecule has 1 aliphatic carbocycles. The van der Waals surface area contributed by atoms with Gasteiger partial charge in [0.15, 0.2) is 0 Å². The largest absolute Gasteiger partial charge is 0.279 e. The van der Waals surface area contributed by atoms with Crippen LogP contribution < -0.4 is 0 Å². The van der Waals surface area contributed by atoms with Gasteiger partial charge in [0.2, 0.25) is 5.78 Å². The topological polar surface area (TPSA) is 64.7 Å². The van der Waals surface area contributed by atoms with Gasteiger partial charge >= 0.3 is 0 Å². The molecule has 0 fully saturated rings. The Kier molecular flexibility index (Phi) is 2.29. The fourth-order valence-electron chi connectivity index (χ4n) is 0.977. The summed E-state index contributed by atoms with van der Waals surface area (Å²) in [6.45, 7) is 1.66. The summed E-state index contributed by atoms with van der Waals surface area (Å²) in [5.41, 5.74) is 0.460. The fourth-order valence-corrected chi connectivity index (χ4v) is 0.977. The second kappa shape index (κ2) is 3.39. The molecule has 0 saturated heterocycles. The number of rotatable bonds is 0. The molecular formula is C10H4N2O. The van der Waals surface area contributed by atoms with Gasteiger partial charge in [-0.15, -0.1) is 0 Å². The highest BCUT2D eigenvalue weighted by Crippen LogP contribution is 2.18. The van der Waals surface area contributed by atoms with Crippen molar-refractivity contribution in [2.24, 2.45) is 0 Å². The molecule has 0 bridgehead atoms. The molecule has 0 radical (unpaired) electrons. The Labute approximate surface area is 75.6 Å². The standard InChI is InChI=1S/C10H4N2O/c1-2-8-9(3-4-10(8)13)7(5-11)6-12/h2H,1H3/b8-2-. The zero-order valence-electron chi connectivity index (χ0n) is 6.88. The van der Waals surface area contributed by atoms with E-state index in [1.165, 1.54) is 0 Å². The Morgan fingerprint density at radius 3 is 2.46 bits per heavy atom. The van der Waals surface area contributed by atoms with Crippen LogP contribution in [0.3, 0.4) is 0 Å². The van der Waals surface area contributed by atoms with Crippen molar-refractivity contribution in [1.29, 1.82) is 10.5 Å². The minimum Gasteiger partial charge on any atom is -0.279 e. The maximum atomic E-state index is 11.1. The normalized spacial score (nSPS) is 16.1. The lowest BCUT2D eigenvalue weighted by Crippen LogP contribution is -1.96. The number of carbonyl (C=O) groups is 1. The van der Waals surface area contributed by atoms with E-state index in [1.54, 1.807) is 25.1 Å². The summed E-state index contributed by atoms with van der Waals surface area (Å²) in [7, 11) is 0. The summed E-state index contributed by atoms with van der Waals surface area (Å²) in [4.78, 5) is 11.1. The van der Waals surface area contributed by atoms with E-state index in [1.807, 2.05) is 0 Å². The van der Waals surface area contributed by atoms with Gasteiger partial charge in [0.25, 0.3) is 0 Å². The second-order valence-electron chi connectivity index (χ2n) is 2.26. The highest BCUT2D eigenvalue weighted by molar-refractivity contribution is 6.16. The van der Waals surface area contributed by atoms with Gasteiger partial charge in [-0.3, -0.25) is 4.79 Å². The molecule has 0 atom stereocenters. The van der Waals surface area contributed by atoms with Crippen molar-refractivity contribution in [3.63, 3.8) is 0 Å². The Hall–Kier alpha value is -2.31. The van der Waals surface area contributed by atoms with Crippen molar-refractivity contribution in [1.82, 2.24) is 0 Å². The molecule has 3 nitrogen and oxygen atoms in total. The number of Topliss-reactive ketones (excluding diaryl/α,β-unsaturated/α-hetero) is 1. The second-order valence-corrected chi connectivity index (χ2v) is 2.26. The Balaban J connectivity index is 3.37. The highest BCUT2D eigenvalue weighted by atomic mass is 16.1. The van der Waals surface area contributed by atoms with Crippen LogP contribution in [0.25, 0.3) is 0 Å². The molecule has 60 valence electrons. The number of hydrogen-bond acceptors (Lipinski definition) is 3. The number of allylic oxidation sites excluding steroid dienone is 4. The highest BCUT2D eigenvalue weighted by Gasteiger charge is 2.19. The van der Waals surface area contributed by atoms with Crippen LogP contribution in [0.4, 0.5) is 0 Å². The summed E-state index contributed by atoms with van der Waals surface area (Å²) in [6.07, 6.45) is 1.54. The van der Waals surface area contributed by atoms with Crippen LogP contribution in [-0.2, 0) is 4.79 Å². The van der Waals surface area contributed by atoms with E-state index < -0.39 is 0 Å². The molecular weight excluding hydrogens is 164 g/mol. The molecule has 0 saturated carbocycles. The van der Waals surface area contributed by atoms with Gasteiger partial charge in [-0.05, 0) is 12.8 Å². The molecule has 0 N–H and O–H groups in total. The van der Waals surface area contributed by atoms with Gasteiger partial charge in [0.1, 0.15) is 17.7 Å². The van der Waals surface area contributed by atoms with Gasteiger partial charge in [-0.25, -0.2) is 0 Å². The average molecular weight is 168 g/mol. The first kappa shape index (κ1) is 8.78. The lowest BCUT2D eigenvalue weighted by Gasteiger charge is -1.94. The molecule has 1 rings (SSSR count). The maximum absolute atomic E-state index is 11.1. The fraction of sp³-hybridized carbons (Fsp3) is 0.100. The average Bonchev–Trinajstić information content (AvgIpc) is 2.50. The molecule has 0 aromatic carbocycles. The smallest absolute Gasteiger partial charge is 0.237 e. The van der Waals surface area contributed by atoms with Crippen LogP contribution in [0.2, 0.25) is 0 Å². The van der Waals surface area contributed by atoms with Gasteiger partial charge < -0.3 is 0 Å². The maximum Gasteiger partial charge on any atom is 0.237 e. The van der Waals surface area contributed by atoms with E-state index in [4.69, 9.17) is 10.5 Å². The molecule has 0 heterocycles. The Bertz CT molecular complexity index is 454. The van der Waals surface area contributed by atoms with Gasteiger partial charge in [-0.2, -0.15) is 10.5 Å². The van der Waals surface area contributed by atoms with Gasteiger partial charge in [-0.1, -0.05) is 12.0 Å². The third-order valence-electron chi connectivity index (χ3n) is 1.58. The predicted octanol–water partition coefficient (Wildman–Crippen LogP) is 0.863. The molecule has 13 heavy (non-hydrogen) atoms. The third-order valence-corrected chi connectivity index (χ3v) is 1.58. The lowest BCUT2D eigenvalue weighted by molar-refractivity contribution is -0.110. The van der Waals surface area contributed by atoms with Crippen LogP contribution in [0.5, 0.6) is 0 Å². The Morgan fingerprint density at radius 2 is 2.00 bits per heavy atom. The van der Waals surface area contributed by atoms with Crippen molar-refractivity contribution < 1.29 is 4.79 Å². The quantitative estimate of drug-likeness (QED) is 0.233. The number of carbonyl (C=O) groups excluding carboxylic acids is 1. The van der Waals surface area contributed by atoms with Crippen molar-refractivity contribution in [3.8, 4) is 24.0 Å². The first-order valence-electron chi connectivity index (χ1n) is 3.52. The molecule has 3 heteroatoms. The first-order valence-corrected chi connectivity index (χ1v) is 3.52. The van der Waals surface area contributed by atoms with Crippen molar-refractivity contribution in [2.45, 2.75) is 6.92 Å². The zero-order valence-corrected chi connectivity index (χ0v) is 6.88. The van der Waals surface area contributed by atoms with Crippen LogP contribution in [0.1, 0.15) is 6.92 Å². The number of hydrogen-bond donors (Lipinski definition) is 0. The first-order chi connectivity index (χ1) is 6.24. The number of ketones is 1.